The smallest absolute Gasteiger partial charge is 0.266 e. The monoisotopic (exact) mass is 196 g/mol. The van der Waals surface area contributed by atoms with Crippen molar-refractivity contribution in [2.45, 2.75) is 52.5 Å². The van der Waals surface area contributed by atoms with E-state index in [-0.39, 0.29) is 5.56 Å². The van der Waals surface area contributed by atoms with E-state index in [0.717, 1.165) is 31.4 Å². The van der Waals surface area contributed by atoms with Crippen LogP contribution in [0.2, 0.25) is 0 Å². The van der Waals surface area contributed by atoms with Crippen LogP contribution in [0.25, 0.3) is 0 Å². The Bertz CT molecular complexity index is 320. The van der Waals surface area contributed by atoms with Crippen molar-refractivity contribution in [3.63, 3.8) is 0 Å². The van der Waals surface area contributed by atoms with Crippen molar-refractivity contribution >= 4 is 0 Å². The van der Waals surface area contributed by atoms with Gasteiger partial charge in [0.2, 0.25) is 0 Å². The average Bonchev–Trinajstić information content (AvgIpc) is 2.51. The van der Waals surface area contributed by atoms with Gasteiger partial charge in [0.05, 0.1) is 6.04 Å². The molecule has 0 saturated heterocycles. The lowest BCUT2D eigenvalue weighted by molar-refractivity contribution is 0.415. The van der Waals surface area contributed by atoms with Crippen LogP contribution < -0.4 is 5.56 Å². The van der Waals surface area contributed by atoms with Crippen LogP contribution in [0.1, 0.15) is 51.8 Å². The van der Waals surface area contributed by atoms with E-state index in [1.165, 1.54) is 0 Å². The second-order valence-corrected chi connectivity index (χ2v) is 3.71. The zero-order valence-electron chi connectivity index (χ0n) is 9.34. The molecule has 0 saturated carbocycles. The van der Waals surface area contributed by atoms with Crippen molar-refractivity contribution in [2.24, 2.45) is 0 Å². The first kappa shape index (κ1) is 11.1. The molecule has 1 N–H and O–H groups in total. The van der Waals surface area contributed by atoms with Gasteiger partial charge in [-0.1, -0.05) is 27.2 Å². The third-order valence-corrected chi connectivity index (χ3v) is 2.63. The zero-order chi connectivity index (χ0) is 10.6. The predicted molar refractivity (Wildman–Crippen MR) is 58.7 cm³/mol. The Morgan fingerprint density at radius 3 is 2.50 bits per heavy atom. The minimum absolute atomic E-state index is 0.113. The zero-order valence-corrected chi connectivity index (χ0v) is 9.34. The van der Waals surface area contributed by atoms with Gasteiger partial charge < -0.3 is 0 Å². The summed E-state index contributed by atoms with van der Waals surface area (Å²) in [6, 6.07) is 2.05. The van der Waals surface area contributed by atoms with Crippen LogP contribution in [0, 0.1) is 0 Å². The predicted octanol–water partition coefficient (Wildman–Crippen LogP) is 2.49. The number of rotatable bonds is 5. The lowest BCUT2D eigenvalue weighted by Gasteiger charge is -2.12. The molecule has 0 radical (unpaired) electrons. The van der Waals surface area contributed by atoms with Gasteiger partial charge >= 0.3 is 0 Å². The molecule has 0 bridgehead atoms. The number of nitrogens with zero attached hydrogens (tertiary/aromatic N) is 1. The molecule has 0 fully saturated rings. The highest BCUT2D eigenvalue weighted by Gasteiger charge is 2.10. The van der Waals surface area contributed by atoms with Crippen molar-refractivity contribution in [1.82, 2.24) is 9.78 Å². The van der Waals surface area contributed by atoms with E-state index >= 15 is 0 Å². The highest BCUT2D eigenvalue weighted by Crippen LogP contribution is 2.12. The minimum atomic E-state index is 0.113. The molecule has 0 amide bonds. The maximum Gasteiger partial charge on any atom is 0.266 e. The van der Waals surface area contributed by atoms with Crippen LogP contribution in [0.3, 0.4) is 0 Å². The van der Waals surface area contributed by atoms with E-state index in [9.17, 15) is 4.79 Å². The summed E-state index contributed by atoms with van der Waals surface area (Å²) in [7, 11) is 0. The lowest BCUT2D eigenvalue weighted by atomic mass is 10.2. The molecule has 0 aliphatic heterocycles. The van der Waals surface area contributed by atoms with Gasteiger partial charge in [-0.25, -0.2) is 4.68 Å². The molecule has 1 aromatic rings. The molecular formula is C11H20N2O. The van der Waals surface area contributed by atoms with Gasteiger partial charge in [-0.2, -0.15) is 0 Å². The number of hydrogen-bond acceptors (Lipinski definition) is 1. The number of aromatic amines is 1. The normalized spacial score (nSPS) is 11.1. The largest absolute Gasteiger partial charge is 0.299 e. The van der Waals surface area contributed by atoms with Gasteiger partial charge in [0.1, 0.15) is 0 Å². The van der Waals surface area contributed by atoms with Gasteiger partial charge in [-0.15, -0.1) is 0 Å². The molecule has 0 aliphatic carbocycles. The fourth-order valence-electron chi connectivity index (χ4n) is 1.78. The molecule has 1 rings (SSSR count). The Morgan fingerprint density at radius 1 is 1.36 bits per heavy atom. The summed E-state index contributed by atoms with van der Waals surface area (Å²) >= 11 is 0. The molecule has 3 nitrogen and oxygen atoms in total. The van der Waals surface area contributed by atoms with Crippen LogP contribution >= 0.6 is 0 Å². The highest BCUT2D eigenvalue weighted by atomic mass is 16.1. The second-order valence-electron chi connectivity index (χ2n) is 3.71. The first-order chi connectivity index (χ1) is 6.72. The number of nitrogens with one attached hydrogen (secondary N) is 1. The van der Waals surface area contributed by atoms with Crippen LogP contribution in [-0.4, -0.2) is 9.78 Å². The van der Waals surface area contributed by atoms with Crippen molar-refractivity contribution in [3.8, 4) is 0 Å². The molecule has 3 heteroatoms. The Balaban J connectivity index is 2.91. The minimum Gasteiger partial charge on any atom is -0.299 e. The first-order valence-corrected chi connectivity index (χ1v) is 5.53. The quantitative estimate of drug-likeness (QED) is 0.772. The Morgan fingerprint density at radius 2 is 2.00 bits per heavy atom. The average molecular weight is 196 g/mol. The second kappa shape index (κ2) is 5.03. The lowest BCUT2D eigenvalue weighted by Crippen LogP contribution is -2.21. The van der Waals surface area contributed by atoms with Gasteiger partial charge in [-0.3, -0.25) is 9.89 Å². The third kappa shape index (κ3) is 2.28. The Labute approximate surface area is 85.1 Å². The Kier molecular flexibility index (Phi) is 3.98. The number of H-pyrrole nitrogens is 1. The molecule has 14 heavy (non-hydrogen) atoms. The summed E-state index contributed by atoms with van der Waals surface area (Å²) in [6.45, 7) is 6.34. The topological polar surface area (TPSA) is 37.8 Å². The van der Waals surface area contributed by atoms with Gasteiger partial charge in [0.25, 0.3) is 5.56 Å². The molecule has 0 atom stereocenters. The summed E-state index contributed by atoms with van der Waals surface area (Å²) < 4.78 is 1.77. The van der Waals surface area contributed by atoms with Crippen molar-refractivity contribution in [2.75, 3.05) is 0 Å². The first-order valence-electron chi connectivity index (χ1n) is 5.53. The molecular weight excluding hydrogens is 176 g/mol. The van der Waals surface area contributed by atoms with E-state index < -0.39 is 0 Å². The van der Waals surface area contributed by atoms with Crippen molar-refractivity contribution in [3.05, 3.63) is 22.1 Å². The summed E-state index contributed by atoms with van der Waals surface area (Å²) in [6.07, 6.45) is 4.04. The van der Waals surface area contributed by atoms with E-state index in [2.05, 4.69) is 25.9 Å². The summed E-state index contributed by atoms with van der Waals surface area (Å²) in [5.74, 6) is 0. The van der Waals surface area contributed by atoms with Gasteiger partial charge in [0.15, 0.2) is 0 Å². The molecule has 0 aliphatic rings. The standard InChI is InChI=1S/C11H20N2O/c1-4-7-9-8-11(14)13(12-9)10(5-2)6-3/h8,10,12H,4-7H2,1-3H3. The van der Waals surface area contributed by atoms with E-state index in [1.807, 2.05) is 0 Å². The number of aromatic nitrogens is 2. The van der Waals surface area contributed by atoms with E-state index in [1.54, 1.807) is 10.7 Å². The number of aryl methyl sites for hydroxylation is 1. The van der Waals surface area contributed by atoms with E-state index in [4.69, 9.17) is 0 Å². The van der Waals surface area contributed by atoms with Crippen molar-refractivity contribution < 1.29 is 0 Å². The highest BCUT2D eigenvalue weighted by molar-refractivity contribution is 5.00. The van der Waals surface area contributed by atoms with Crippen LogP contribution in [0.15, 0.2) is 10.9 Å². The molecule has 80 valence electrons. The maximum absolute atomic E-state index is 11.6. The SMILES string of the molecule is CCCc1cc(=O)n(C(CC)CC)[nH]1. The van der Waals surface area contributed by atoms with Crippen molar-refractivity contribution in [1.29, 1.82) is 0 Å². The fourth-order valence-corrected chi connectivity index (χ4v) is 1.78. The third-order valence-electron chi connectivity index (χ3n) is 2.63. The van der Waals surface area contributed by atoms with Crippen LogP contribution in [0.5, 0.6) is 0 Å². The fraction of sp³-hybridized carbons (Fsp3) is 0.727. The summed E-state index contributed by atoms with van der Waals surface area (Å²) in [5, 5.41) is 3.19. The molecule has 0 unspecified atom stereocenters. The van der Waals surface area contributed by atoms with Crippen LogP contribution in [0.4, 0.5) is 0 Å². The Hall–Kier alpha value is -0.990. The van der Waals surface area contributed by atoms with Crippen LogP contribution in [-0.2, 0) is 6.42 Å². The van der Waals surface area contributed by atoms with E-state index in [0.29, 0.717) is 6.04 Å². The molecule has 0 aromatic carbocycles. The molecule has 1 heterocycles. The summed E-state index contributed by atoms with van der Waals surface area (Å²) in [4.78, 5) is 11.6. The molecule has 1 aromatic heterocycles. The van der Waals surface area contributed by atoms with Gasteiger partial charge in [-0.05, 0) is 19.3 Å². The summed E-state index contributed by atoms with van der Waals surface area (Å²) in [5.41, 5.74) is 1.17. The van der Waals surface area contributed by atoms with Gasteiger partial charge in [0, 0.05) is 11.8 Å². The number of hydrogen-bond donors (Lipinski definition) is 1. The maximum atomic E-state index is 11.6. The molecule has 0 spiro atoms.